The number of nitrogens with one attached hydrogen (secondary N) is 1. The van der Waals surface area contributed by atoms with E-state index in [1.54, 1.807) is 4.68 Å². The molecule has 0 spiro atoms. The van der Waals surface area contributed by atoms with E-state index in [1.807, 2.05) is 34.9 Å². The molecule has 2 heterocycles. The SMILES string of the molecule is O=c1n(CCNc2ccccc2)nc2n1CCCC2. The summed E-state index contributed by atoms with van der Waals surface area (Å²) in [6.07, 6.45) is 3.15. The van der Waals surface area contributed by atoms with Crippen molar-refractivity contribution in [2.24, 2.45) is 0 Å². The summed E-state index contributed by atoms with van der Waals surface area (Å²) >= 11 is 0. The van der Waals surface area contributed by atoms with Crippen molar-refractivity contribution in [1.82, 2.24) is 14.3 Å². The maximum atomic E-state index is 12.1. The van der Waals surface area contributed by atoms with E-state index in [4.69, 9.17) is 0 Å². The summed E-state index contributed by atoms with van der Waals surface area (Å²) in [7, 11) is 0. The molecule has 0 bridgehead atoms. The standard InChI is InChI=1S/C14H18N4O/c19-14-17-10-5-4-8-13(17)16-18(14)11-9-15-12-6-2-1-3-7-12/h1-3,6-7,15H,4-5,8-11H2. The Morgan fingerprint density at radius 1 is 1.21 bits per heavy atom. The van der Waals surface area contributed by atoms with Crippen molar-refractivity contribution in [2.45, 2.75) is 32.4 Å². The van der Waals surface area contributed by atoms with E-state index >= 15 is 0 Å². The number of para-hydroxylation sites is 1. The van der Waals surface area contributed by atoms with Crippen LogP contribution in [-0.4, -0.2) is 20.9 Å². The molecule has 0 fully saturated rings. The van der Waals surface area contributed by atoms with E-state index in [1.165, 1.54) is 0 Å². The minimum atomic E-state index is 0.0320. The summed E-state index contributed by atoms with van der Waals surface area (Å²) in [4.78, 5) is 12.1. The van der Waals surface area contributed by atoms with Gasteiger partial charge in [0.05, 0.1) is 6.54 Å². The van der Waals surface area contributed by atoms with Crippen molar-refractivity contribution in [2.75, 3.05) is 11.9 Å². The molecule has 1 N–H and O–H groups in total. The maximum Gasteiger partial charge on any atom is 0.345 e. The van der Waals surface area contributed by atoms with Gasteiger partial charge in [-0.25, -0.2) is 9.48 Å². The lowest BCUT2D eigenvalue weighted by Crippen LogP contribution is -2.28. The molecule has 19 heavy (non-hydrogen) atoms. The Labute approximate surface area is 111 Å². The smallest absolute Gasteiger partial charge is 0.345 e. The maximum absolute atomic E-state index is 12.1. The van der Waals surface area contributed by atoms with Crippen molar-refractivity contribution in [3.05, 3.63) is 46.6 Å². The monoisotopic (exact) mass is 258 g/mol. The highest BCUT2D eigenvalue weighted by Crippen LogP contribution is 2.09. The normalized spacial score (nSPS) is 14.1. The number of rotatable bonds is 4. The summed E-state index contributed by atoms with van der Waals surface area (Å²) in [5.74, 6) is 0.941. The van der Waals surface area contributed by atoms with Gasteiger partial charge >= 0.3 is 5.69 Å². The molecule has 0 radical (unpaired) electrons. The fraction of sp³-hybridized carbons (Fsp3) is 0.429. The largest absolute Gasteiger partial charge is 0.383 e. The van der Waals surface area contributed by atoms with Crippen LogP contribution < -0.4 is 11.0 Å². The van der Waals surface area contributed by atoms with E-state index in [2.05, 4.69) is 10.4 Å². The Hall–Kier alpha value is -2.04. The van der Waals surface area contributed by atoms with Gasteiger partial charge in [0.15, 0.2) is 0 Å². The summed E-state index contributed by atoms with van der Waals surface area (Å²) in [6, 6.07) is 9.99. The number of anilines is 1. The molecule has 100 valence electrons. The van der Waals surface area contributed by atoms with Crippen LogP contribution in [0, 0.1) is 0 Å². The van der Waals surface area contributed by atoms with Crippen LogP contribution in [0.1, 0.15) is 18.7 Å². The van der Waals surface area contributed by atoms with Crippen LogP contribution >= 0.6 is 0 Å². The second-order valence-electron chi connectivity index (χ2n) is 4.82. The number of fused-ring (bicyclic) bond motifs is 1. The lowest BCUT2D eigenvalue weighted by molar-refractivity contribution is 0.511. The second-order valence-corrected chi connectivity index (χ2v) is 4.82. The number of hydrogen-bond donors (Lipinski definition) is 1. The van der Waals surface area contributed by atoms with Crippen molar-refractivity contribution in [3.8, 4) is 0 Å². The quantitative estimate of drug-likeness (QED) is 0.904. The summed E-state index contributed by atoms with van der Waals surface area (Å²) in [5, 5.41) is 7.70. The Bertz CT molecular complexity index is 600. The Kier molecular flexibility index (Phi) is 3.35. The number of hydrogen-bond acceptors (Lipinski definition) is 3. The van der Waals surface area contributed by atoms with Crippen LogP contribution in [0.25, 0.3) is 0 Å². The van der Waals surface area contributed by atoms with Crippen LogP contribution in [0.4, 0.5) is 5.69 Å². The van der Waals surface area contributed by atoms with Crippen LogP contribution in [0.15, 0.2) is 35.1 Å². The van der Waals surface area contributed by atoms with Gasteiger partial charge in [0.2, 0.25) is 0 Å². The molecule has 1 aromatic carbocycles. The van der Waals surface area contributed by atoms with E-state index in [-0.39, 0.29) is 5.69 Å². The average molecular weight is 258 g/mol. The van der Waals surface area contributed by atoms with E-state index in [9.17, 15) is 4.79 Å². The third-order valence-corrected chi connectivity index (χ3v) is 3.46. The lowest BCUT2D eigenvalue weighted by Gasteiger charge is -2.09. The molecule has 0 amide bonds. The van der Waals surface area contributed by atoms with Crippen molar-refractivity contribution in [3.63, 3.8) is 0 Å². The van der Waals surface area contributed by atoms with Crippen LogP contribution in [0.3, 0.4) is 0 Å². The van der Waals surface area contributed by atoms with Crippen molar-refractivity contribution < 1.29 is 0 Å². The predicted octanol–water partition coefficient (Wildman–Crippen LogP) is 1.49. The first kappa shape index (κ1) is 12.0. The highest BCUT2D eigenvalue weighted by Gasteiger charge is 2.15. The Balaban J connectivity index is 1.64. The molecule has 0 aliphatic carbocycles. The molecule has 1 aliphatic heterocycles. The third kappa shape index (κ3) is 2.54. The zero-order chi connectivity index (χ0) is 13.1. The van der Waals surface area contributed by atoms with Gasteiger partial charge in [-0.1, -0.05) is 18.2 Å². The summed E-state index contributed by atoms with van der Waals surface area (Å²) < 4.78 is 3.39. The molecule has 0 atom stereocenters. The molecule has 3 rings (SSSR count). The van der Waals surface area contributed by atoms with Crippen LogP contribution in [0.5, 0.6) is 0 Å². The first-order valence-corrected chi connectivity index (χ1v) is 6.80. The van der Waals surface area contributed by atoms with Crippen LogP contribution in [-0.2, 0) is 19.5 Å². The summed E-state index contributed by atoms with van der Waals surface area (Å²) in [5.41, 5.74) is 1.10. The van der Waals surface area contributed by atoms with Gasteiger partial charge in [-0.05, 0) is 25.0 Å². The van der Waals surface area contributed by atoms with Gasteiger partial charge in [0.25, 0.3) is 0 Å². The van der Waals surface area contributed by atoms with Gasteiger partial charge in [-0.15, -0.1) is 0 Å². The minimum Gasteiger partial charge on any atom is -0.383 e. The molecule has 1 aliphatic rings. The third-order valence-electron chi connectivity index (χ3n) is 3.46. The second kappa shape index (κ2) is 5.30. The topological polar surface area (TPSA) is 51.9 Å². The molecular formula is C14H18N4O. The van der Waals surface area contributed by atoms with Crippen molar-refractivity contribution >= 4 is 5.69 Å². The first-order chi connectivity index (χ1) is 9.34. The number of aryl methyl sites for hydroxylation is 1. The van der Waals surface area contributed by atoms with Gasteiger partial charge in [-0.2, -0.15) is 5.10 Å². The molecule has 5 heteroatoms. The van der Waals surface area contributed by atoms with Gasteiger partial charge in [0.1, 0.15) is 5.82 Å². The van der Waals surface area contributed by atoms with Gasteiger partial charge in [0, 0.05) is 25.2 Å². The number of nitrogens with zero attached hydrogens (tertiary/aromatic N) is 3. The number of benzene rings is 1. The average Bonchev–Trinajstić information content (AvgIpc) is 2.78. The molecule has 0 saturated heterocycles. The van der Waals surface area contributed by atoms with E-state index in [0.717, 1.165) is 37.3 Å². The Morgan fingerprint density at radius 3 is 2.84 bits per heavy atom. The van der Waals surface area contributed by atoms with Crippen LogP contribution in [0.2, 0.25) is 0 Å². The molecule has 1 aromatic heterocycles. The minimum absolute atomic E-state index is 0.0320. The molecule has 2 aromatic rings. The number of aromatic nitrogens is 3. The van der Waals surface area contributed by atoms with Crippen molar-refractivity contribution in [1.29, 1.82) is 0 Å². The fourth-order valence-electron chi connectivity index (χ4n) is 2.46. The highest BCUT2D eigenvalue weighted by molar-refractivity contribution is 5.42. The summed E-state index contributed by atoms with van der Waals surface area (Å²) in [6.45, 7) is 2.13. The molecule has 0 saturated carbocycles. The van der Waals surface area contributed by atoms with E-state index < -0.39 is 0 Å². The fourth-order valence-corrected chi connectivity index (χ4v) is 2.46. The lowest BCUT2D eigenvalue weighted by atomic mass is 10.2. The molecule has 5 nitrogen and oxygen atoms in total. The Morgan fingerprint density at radius 2 is 2.05 bits per heavy atom. The molecule has 0 unspecified atom stereocenters. The predicted molar refractivity (Wildman–Crippen MR) is 74.4 cm³/mol. The first-order valence-electron chi connectivity index (χ1n) is 6.80. The van der Waals surface area contributed by atoms with Gasteiger partial charge in [-0.3, -0.25) is 4.57 Å². The zero-order valence-corrected chi connectivity index (χ0v) is 10.9. The van der Waals surface area contributed by atoms with Gasteiger partial charge < -0.3 is 5.32 Å². The zero-order valence-electron chi connectivity index (χ0n) is 10.9. The van der Waals surface area contributed by atoms with E-state index in [0.29, 0.717) is 13.1 Å². The highest BCUT2D eigenvalue weighted by atomic mass is 16.2. The molecular weight excluding hydrogens is 240 g/mol.